The predicted octanol–water partition coefficient (Wildman–Crippen LogP) is 1.04. The molecule has 0 aromatic carbocycles. The van der Waals surface area contributed by atoms with E-state index in [2.05, 4.69) is 10.6 Å². The first-order chi connectivity index (χ1) is 10.2. The van der Waals surface area contributed by atoms with Gasteiger partial charge in [-0.2, -0.15) is 0 Å². The van der Waals surface area contributed by atoms with E-state index in [1.165, 1.54) is 32.1 Å². The number of likely N-dealkylation sites (tertiary alicyclic amines) is 1. The summed E-state index contributed by atoms with van der Waals surface area (Å²) in [6.07, 6.45) is 9.34. The first kappa shape index (κ1) is 14.8. The van der Waals surface area contributed by atoms with Gasteiger partial charge in [0.15, 0.2) is 0 Å². The zero-order valence-electron chi connectivity index (χ0n) is 12.8. The van der Waals surface area contributed by atoms with Gasteiger partial charge in [-0.25, -0.2) is 0 Å². The van der Waals surface area contributed by atoms with Crippen molar-refractivity contribution in [3.8, 4) is 0 Å². The Balaban J connectivity index is 1.43. The molecule has 2 aliphatic heterocycles. The Hall–Kier alpha value is -1.10. The lowest BCUT2D eigenvalue weighted by Gasteiger charge is -2.27. The van der Waals surface area contributed by atoms with Crippen LogP contribution in [0.5, 0.6) is 0 Å². The minimum Gasteiger partial charge on any atom is -0.346 e. The molecule has 2 N–H and O–H groups in total. The Kier molecular flexibility index (Phi) is 4.78. The van der Waals surface area contributed by atoms with Gasteiger partial charge >= 0.3 is 0 Å². The first-order valence-electron chi connectivity index (χ1n) is 8.55. The van der Waals surface area contributed by atoms with Crippen LogP contribution in [0.15, 0.2) is 0 Å². The summed E-state index contributed by atoms with van der Waals surface area (Å²) in [6.45, 7) is 1.85. The molecule has 2 saturated heterocycles. The lowest BCUT2D eigenvalue weighted by molar-refractivity contribution is -0.134. The molecule has 21 heavy (non-hydrogen) atoms. The van der Waals surface area contributed by atoms with Gasteiger partial charge in [0.2, 0.25) is 11.8 Å². The highest BCUT2D eigenvalue weighted by atomic mass is 16.2. The van der Waals surface area contributed by atoms with Crippen molar-refractivity contribution in [2.45, 2.75) is 63.5 Å². The maximum absolute atomic E-state index is 12.2. The standard InChI is InChI=1S/C16H27N3O2/c20-15(19-8-4-1-5-9-19)11-17-16(21)14-10-12-6-2-3-7-13(12)18-14/h12-14,18H,1-11H2,(H,17,21)/t12-,13-,14+/m1/s1. The van der Waals surface area contributed by atoms with E-state index in [9.17, 15) is 9.59 Å². The van der Waals surface area contributed by atoms with Crippen molar-refractivity contribution >= 4 is 11.8 Å². The van der Waals surface area contributed by atoms with E-state index in [1.54, 1.807) is 0 Å². The number of amides is 2. The van der Waals surface area contributed by atoms with Crippen LogP contribution in [0.4, 0.5) is 0 Å². The van der Waals surface area contributed by atoms with Crippen molar-refractivity contribution < 1.29 is 9.59 Å². The van der Waals surface area contributed by atoms with E-state index < -0.39 is 0 Å². The van der Waals surface area contributed by atoms with Gasteiger partial charge in [0.25, 0.3) is 0 Å². The van der Waals surface area contributed by atoms with Crippen LogP contribution in [0.25, 0.3) is 0 Å². The number of nitrogens with one attached hydrogen (secondary N) is 2. The third-order valence-electron chi connectivity index (χ3n) is 5.30. The minimum atomic E-state index is -0.0905. The third-order valence-corrected chi connectivity index (χ3v) is 5.30. The fourth-order valence-corrected chi connectivity index (χ4v) is 4.06. The average molecular weight is 293 g/mol. The predicted molar refractivity (Wildman–Crippen MR) is 80.7 cm³/mol. The third kappa shape index (κ3) is 3.57. The van der Waals surface area contributed by atoms with E-state index in [0.717, 1.165) is 32.4 Å². The van der Waals surface area contributed by atoms with Crippen molar-refractivity contribution in [2.75, 3.05) is 19.6 Å². The lowest BCUT2D eigenvalue weighted by Crippen LogP contribution is -2.47. The molecule has 1 aliphatic carbocycles. The number of fused-ring (bicyclic) bond motifs is 1. The van der Waals surface area contributed by atoms with E-state index in [1.807, 2.05) is 4.90 Å². The Labute approximate surface area is 126 Å². The van der Waals surface area contributed by atoms with Gasteiger partial charge in [-0.1, -0.05) is 12.8 Å². The molecule has 0 bridgehead atoms. The van der Waals surface area contributed by atoms with Crippen molar-refractivity contribution in [1.29, 1.82) is 0 Å². The molecule has 2 amide bonds. The fourth-order valence-electron chi connectivity index (χ4n) is 4.06. The Morgan fingerprint density at radius 1 is 1.05 bits per heavy atom. The number of carbonyl (C=O) groups is 2. The average Bonchev–Trinajstić information content (AvgIpc) is 2.97. The largest absolute Gasteiger partial charge is 0.346 e. The zero-order chi connectivity index (χ0) is 14.7. The Morgan fingerprint density at radius 3 is 2.57 bits per heavy atom. The number of rotatable bonds is 3. The van der Waals surface area contributed by atoms with Gasteiger partial charge in [0.1, 0.15) is 0 Å². The molecule has 3 aliphatic rings. The highest BCUT2D eigenvalue weighted by molar-refractivity contribution is 5.87. The topological polar surface area (TPSA) is 61.4 Å². The highest BCUT2D eigenvalue weighted by Gasteiger charge is 2.38. The quantitative estimate of drug-likeness (QED) is 0.817. The summed E-state index contributed by atoms with van der Waals surface area (Å²) >= 11 is 0. The number of hydrogen-bond acceptors (Lipinski definition) is 3. The molecule has 5 nitrogen and oxygen atoms in total. The van der Waals surface area contributed by atoms with Gasteiger partial charge in [0.05, 0.1) is 12.6 Å². The smallest absolute Gasteiger partial charge is 0.241 e. The molecule has 1 saturated carbocycles. The number of hydrogen-bond donors (Lipinski definition) is 2. The van der Waals surface area contributed by atoms with E-state index in [-0.39, 0.29) is 24.4 Å². The van der Waals surface area contributed by atoms with E-state index >= 15 is 0 Å². The van der Waals surface area contributed by atoms with E-state index in [4.69, 9.17) is 0 Å². The summed E-state index contributed by atoms with van der Waals surface area (Å²) in [5, 5.41) is 6.30. The molecule has 3 atom stereocenters. The molecular weight excluding hydrogens is 266 g/mol. The number of piperidine rings is 1. The van der Waals surface area contributed by atoms with Crippen molar-refractivity contribution in [3.63, 3.8) is 0 Å². The normalized spacial score (nSPS) is 32.6. The minimum absolute atomic E-state index is 0.00904. The van der Waals surface area contributed by atoms with E-state index in [0.29, 0.717) is 12.0 Å². The summed E-state index contributed by atoms with van der Waals surface area (Å²) < 4.78 is 0. The van der Waals surface area contributed by atoms with Gasteiger partial charge < -0.3 is 15.5 Å². The molecule has 3 fully saturated rings. The Morgan fingerprint density at radius 2 is 1.81 bits per heavy atom. The maximum atomic E-state index is 12.2. The molecular formula is C16H27N3O2. The summed E-state index contributed by atoms with van der Waals surface area (Å²) in [5.41, 5.74) is 0. The van der Waals surface area contributed by atoms with Gasteiger partial charge in [-0.15, -0.1) is 0 Å². The Bertz CT molecular complexity index is 379. The van der Waals surface area contributed by atoms with Crippen LogP contribution in [0, 0.1) is 5.92 Å². The molecule has 0 unspecified atom stereocenters. The zero-order valence-corrected chi connectivity index (χ0v) is 12.8. The lowest BCUT2D eigenvalue weighted by atomic mass is 9.85. The second-order valence-corrected chi connectivity index (χ2v) is 6.77. The van der Waals surface area contributed by atoms with Gasteiger partial charge in [0, 0.05) is 19.1 Å². The number of carbonyl (C=O) groups excluding carboxylic acids is 2. The van der Waals surface area contributed by atoms with Crippen molar-refractivity contribution in [1.82, 2.24) is 15.5 Å². The highest BCUT2D eigenvalue weighted by Crippen LogP contribution is 2.33. The monoisotopic (exact) mass is 293 g/mol. The van der Waals surface area contributed by atoms with Gasteiger partial charge in [-0.3, -0.25) is 9.59 Å². The van der Waals surface area contributed by atoms with Crippen LogP contribution in [-0.4, -0.2) is 48.4 Å². The SMILES string of the molecule is O=C(NCC(=O)N1CCCCC1)[C@@H]1C[C@H]2CCCC[C@H]2N1. The molecule has 5 heteroatoms. The van der Waals surface area contributed by atoms with Crippen LogP contribution in [-0.2, 0) is 9.59 Å². The van der Waals surface area contributed by atoms with Gasteiger partial charge in [-0.05, 0) is 44.4 Å². The summed E-state index contributed by atoms with van der Waals surface area (Å²) in [7, 11) is 0. The summed E-state index contributed by atoms with van der Waals surface area (Å²) in [6, 6.07) is 0.430. The second kappa shape index (κ2) is 6.77. The number of nitrogens with zero attached hydrogens (tertiary/aromatic N) is 1. The maximum Gasteiger partial charge on any atom is 0.241 e. The molecule has 0 aromatic rings. The second-order valence-electron chi connectivity index (χ2n) is 6.77. The van der Waals surface area contributed by atoms with Crippen molar-refractivity contribution in [2.24, 2.45) is 5.92 Å². The molecule has 2 heterocycles. The van der Waals surface area contributed by atoms with Crippen LogP contribution >= 0.6 is 0 Å². The molecule has 118 valence electrons. The fraction of sp³-hybridized carbons (Fsp3) is 0.875. The van der Waals surface area contributed by atoms with Crippen LogP contribution in [0.1, 0.15) is 51.4 Å². The molecule has 0 spiro atoms. The summed E-state index contributed by atoms with van der Waals surface area (Å²) in [5.74, 6) is 0.737. The van der Waals surface area contributed by atoms with Crippen LogP contribution in [0.3, 0.4) is 0 Å². The van der Waals surface area contributed by atoms with Crippen molar-refractivity contribution in [3.05, 3.63) is 0 Å². The molecule has 3 rings (SSSR count). The first-order valence-corrected chi connectivity index (χ1v) is 8.55. The molecule has 0 aromatic heterocycles. The molecule has 0 radical (unpaired) electrons. The van der Waals surface area contributed by atoms with Crippen LogP contribution in [0.2, 0.25) is 0 Å². The summed E-state index contributed by atoms with van der Waals surface area (Å²) in [4.78, 5) is 26.2. The van der Waals surface area contributed by atoms with Crippen LogP contribution < -0.4 is 10.6 Å².